The van der Waals surface area contributed by atoms with Crippen LogP contribution in [-0.4, -0.2) is 15.1 Å². The van der Waals surface area contributed by atoms with Crippen molar-refractivity contribution in [1.29, 1.82) is 0 Å². The Hall–Kier alpha value is -1.98. The standard InChI is InChI=1S/C12H8ClN3O2.ClH/c13-12(11-3-1-2-8-14-11)15-9-4-6-10(7-5-9)16(17)18;/h1-8H;1H. The summed E-state index contributed by atoms with van der Waals surface area (Å²) in [5, 5.41) is 10.7. The summed E-state index contributed by atoms with van der Waals surface area (Å²) in [6.45, 7) is 0. The number of aliphatic imine (C=N–C) groups is 1. The van der Waals surface area contributed by atoms with Gasteiger partial charge in [0.05, 0.1) is 10.6 Å². The molecule has 5 nitrogen and oxygen atoms in total. The van der Waals surface area contributed by atoms with E-state index in [0.29, 0.717) is 11.4 Å². The van der Waals surface area contributed by atoms with E-state index in [1.165, 1.54) is 24.3 Å². The molecule has 0 amide bonds. The van der Waals surface area contributed by atoms with Gasteiger partial charge in [-0.05, 0) is 24.3 Å². The maximum Gasteiger partial charge on any atom is 0.269 e. The zero-order valence-corrected chi connectivity index (χ0v) is 11.1. The number of aromatic nitrogens is 1. The van der Waals surface area contributed by atoms with Gasteiger partial charge in [-0.1, -0.05) is 17.7 Å². The van der Waals surface area contributed by atoms with Crippen LogP contribution in [-0.2, 0) is 0 Å². The normalized spacial score (nSPS) is 10.7. The van der Waals surface area contributed by atoms with Crippen LogP contribution in [0, 0.1) is 10.1 Å². The lowest BCUT2D eigenvalue weighted by Crippen LogP contribution is -1.93. The Morgan fingerprint density at radius 1 is 1.21 bits per heavy atom. The average Bonchev–Trinajstić information content (AvgIpc) is 2.40. The fraction of sp³-hybridized carbons (Fsp3) is 0. The van der Waals surface area contributed by atoms with Gasteiger partial charge in [0.1, 0.15) is 5.69 Å². The van der Waals surface area contributed by atoms with Crippen LogP contribution in [0.25, 0.3) is 0 Å². The molecule has 7 heteroatoms. The highest BCUT2D eigenvalue weighted by Gasteiger charge is 2.05. The molecular weight excluding hydrogens is 289 g/mol. The molecule has 0 radical (unpaired) electrons. The highest BCUT2D eigenvalue weighted by atomic mass is 35.5. The Balaban J connectivity index is 0.00000180. The molecule has 1 heterocycles. The topological polar surface area (TPSA) is 68.4 Å². The second-order valence-electron chi connectivity index (χ2n) is 3.39. The lowest BCUT2D eigenvalue weighted by atomic mass is 10.3. The Morgan fingerprint density at radius 2 is 1.89 bits per heavy atom. The number of halogens is 2. The van der Waals surface area contributed by atoms with Crippen molar-refractivity contribution in [3.05, 3.63) is 64.5 Å². The van der Waals surface area contributed by atoms with Gasteiger partial charge in [0, 0.05) is 18.3 Å². The Labute approximate surface area is 120 Å². The Kier molecular flexibility index (Phi) is 5.41. The molecule has 1 aromatic carbocycles. The third kappa shape index (κ3) is 4.01. The summed E-state index contributed by atoms with van der Waals surface area (Å²) in [6.07, 6.45) is 1.61. The van der Waals surface area contributed by atoms with E-state index in [4.69, 9.17) is 11.6 Å². The molecule has 1 aromatic heterocycles. The first kappa shape index (κ1) is 15.1. The van der Waals surface area contributed by atoms with Gasteiger partial charge in [0.2, 0.25) is 0 Å². The molecule has 19 heavy (non-hydrogen) atoms. The van der Waals surface area contributed by atoms with Gasteiger partial charge in [-0.3, -0.25) is 15.1 Å². The third-order valence-electron chi connectivity index (χ3n) is 2.16. The number of benzene rings is 1. The highest BCUT2D eigenvalue weighted by molar-refractivity contribution is 6.69. The van der Waals surface area contributed by atoms with E-state index in [2.05, 4.69) is 9.98 Å². The van der Waals surface area contributed by atoms with E-state index in [-0.39, 0.29) is 23.3 Å². The van der Waals surface area contributed by atoms with E-state index in [9.17, 15) is 10.1 Å². The van der Waals surface area contributed by atoms with E-state index in [1.54, 1.807) is 24.4 Å². The van der Waals surface area contributed by atoms with Crippen molar-refractivity contribution in [3.63, 3.8) is 0 Å². The summed E-state index contributed by atoms with van der Waals surface area (Å²) in [6, 6.07) is 11.1. The number of nitro benzene ring substituents is 1. The van der Waals surface area contributed by atoms with Crippen molar-refractivity contribution >= 4 is 40.6 Å². The molecule has 0 saturated heterocycles. The maximum absolute atomic E-state index is 10.5. The predicted molar refractivity (Wildman–Crippen MR) is 76.6 cm³/mol. The van der Waals surface area contributed by atoms with Gasteiger partial charge in [-0.15, -0.1) is 12.4 Å². The number of rotatable bonds is 3. The Morgan fingerprint density at radius 3 is 2.42 bits per heavy atom. The monoisotopic (exact) mass is 297 g/mol. The van der Waals surface area contributed by atoms with Crippen molar-refractivity contribution in [1.82, 2.24) is 4.98 Å². The van der Waals surface area contributed by atoms with Crippen LogP contribution in [0.2, 0.25) is 0 Å². The first-order valence-electron chi connectivity index (χ1n) is 5.07. The smallest absolute Gasteiger partial charge is 0.258 e. The first-order valence-corrected chi connectivity index (χ1v) is 5.44. The zero-order valence-electron chi connectivity index (χ0n) is 9.56. The molecule has 0 bridgehead atoms. The molecule has 98 valence electrons. The fourth-order valence-corrected chi connectivity index (χ4v) is 1.51. The van der Waals surface area contributed by atoms with E-state index in [0.717, 1.165) is 0 Å². The molecule has 0 saturated carbocycles. The molecule has 0 unspecified atom stereocenters. The number of hydrogen-bond acceptors (Lipinski definition) is 4. The van der Waals surface area contributed by atoms with Gasteiger partial charge < -0.3 is 0 Å². The first-order chi connectivity index (χ1) is 8.66. The minimum atomic E-state index is -0.464. The van der Waals surface area contributed by atoms with Gasteiger partial charge in [-0.2, -0.15) is 0 Å². The molecule has 0 spiro atoms. The number of hydrogen-bond donors (Lipinski definition) is 0. The van der Waals surface area contributed by atoms with Crippen molar-refractivity contribution in [2.75, 3.05) is 0 Å². The fourth-order valence-electron chi connectivity index (χ4n) is 1.30. The second kappa shape index (κ2) is 6.82. The molecule has 0 N–H and O–H groups in total. The number of non-ortho nitro benzene ring substituents is 1. The van der Waals surface area contributed by atoms with Crippen LogP contribution in [0.3, 0.4) is 0 Å². The minimum Gasteiger partial charge on any atom is -0.258 e. The predicted octanol–water partition coefficient (Wildman–Crippen LogP) is 3.73. The highest BCUT2D eigenvalue weighted by Crippen LogP contribution is 2.19. The summed E-state index contributed by atoms with van der Waals surface area (Å²) < 4.78 is 0. The summed E-state index contributed by atoms with van der Waals surface area (Å²) >= 11 is 6.00. The van der Waals surface area contributed by atoms with Crippen LogP contribution < -0.4 is 0 Å². The van der Waals surface area contributed by atoms with Crippen LogP contribution in [0.5, 0.6) is 0 Å². The van der Waals surface area contributed by atoms with E-state index >= 15 is 0 Å². The van der Waals surface area contributed by atoms with Crippen LogP contribution in [0.15, 0.2) is 53.7 Å². The van der Waals surface area contributed by atoms with Crippen molar-refractivity contribution in [2.45, 2.75) is 0 Å². The zero-order chi connectivity index (χ0) is 13.0. The second-order valence-corrected chi connectivity index (χ2v) is 3.75. The largest absolute Gasteiger partial charge is 0.269 e. The van der Waals surface area contributed by atoms with Crippen LogP contribution in [0.4, 0.5) is 11.4 Å². The van der Waals surface area contributed by atoms with Gasteiger partial charge in [0.15, 0.2) is 5.17 Å². The molecular formula is C12H9Cl2N3O2. The lowest BCUT2D eigenvalue weighted by molar-refractivity contribution is -0.384. The molecule has 0 atom stereocenters. The summed E-state index contributed by atoms with van der Waals surface area (Å²) in [5.41, 5.74) is 1.11. The van der Waals surface area contributed by atoms with Crippen LogP contribution in [0.1, 0.15) is 5.69 Å². The van der Waals surface area contributed by atoms with Gasteiger partial charge >= 0.3 is 0 Å². The summed E-state index contributed by atoms with van der Waals surface area (Å²) in [4.78, 5) is 18.2. The molecule has 2 rings (SSSR count). The van der Waals surface area contributed by atoms with E-state index in [1.807, 2.05) is 0 Å². The van der Waals surface area contributed by atoms with Crippen LogP contribution >= 0.6 is 24.0 Å². The van der Waals surface area contributed by atoms with Gasteiger partial charge in [-0.25, -0.2) is 4.99 Å². The van der Waals surface area contributed by atoms with Crippen molar-refractivity contribution < 1.29 is 4.92 Å². The molecule has 2 aromatic rings. The average molecular weight is 298 g/mol. The number of pyridine rings is 1. The summed E-state index contributed by atoms with van der Waals surface area (Å²) in [7, 11) is 0. The quantitative estimate of drug-likeness (QED) is 0.492. The Bertz CT molecular complexity index is 586. The number of nitrogens with zero attached hydrogens (tertiary/aromatic N) is 3. The third-order valence-corrected chi connectivity index (χ3v) is 2.44. The molecule has 0 fully saturated rings. The summed E-state index contributed by atoms with van der Waals surface area (Å²) in [5.74, 6) is 0. The SMILES string of the molecule is Cl.O=[N+]([O-])c1ccc(N=C(Cl)c2ccccn2)cc1. The van der Waals surface area contributed by atoms with E-state index < -0.39 is 4.92 Å². The van der Waals surface area contributed by atoms with Crippen molar-refractivity contribution in [2.24, 2.45) is 4.99 Å². The maximum atomic E-state index is 10.5. The van der Waals surface area contributed by atoms with Gasteiger partial charge in [0.25, 0.3) is 5.69 Å². The lowest BCUT2D eigenvalue weighted by Gasteiger charge is -1.98. The molecule has 0 aliphatic rings. The molecule has 0 aliphatic carbocycles. The van der Waals surface area contributed by atoms with Crippen molar-refractivity contribution in [3.8, 4) is 0 Å². The minimum absolute atomic E-state index is 0. The number of nitro groups is 1. The molecule has 0 aliphatic heterocycles.